The maximum absolute atomic E-state index is 12.5. The van der Waals surface area contributed by atoms with Gasteiger partial charge in [0.15, 0.2) is 5.78 Å². The first-order valence-electron chi connectivity index (χ1n) is 5.82. The molecule has 2 nitrogen and oxygen atoms in total. The number of para-hydroxylation sites is 1. The fourth-order valence-electron chi connectivity index (χ4n) is 3.16. The Morgan fingerprint density at radius 3 is 3.06 bits per heavy atom. The molecule has 82 valence electrons. The van der Waals surface area contributed by atoms with Gasteiger partial charge in [0.05, 0.1) is 0 Å². The highest BCUT2D eigenvalue weighted by Crippen LogP contribution is 2.46. The molecule has 16 heavy (non-hydrogen) atoms. The number of hydrogen-bond donors (Lipinski definition) is 0. The zero-order valence-corrected chi connectivity index (χ0v) is 9.28. The van der Waals surface area contributed by atoms with Crippen molar-refractivity contribution in [2.75, 3.05) is 11.4 Å². The number of rotatable bonds is 2. The molecule has 1 aromatic rings. The fraction of sp³-hybridized carbons (Fsp3) is 0.357. The molecule has 1 saturated heterocycles. The van der Waals surface area contributed by atoms with Crippen molar-refractivity contribution in [3.63, 3.8) is 0 Å². The Hall–Kier alpha value is -1.57. The molecule has 0 saturated carbocycles. The molecule has 1 aromatic carbocycles. The Morgan fingerprint density at radius 1 is 1.44 bits per heavy atom. The Labute approximate surface area is 95.6 Å². The molecule has 1 atom stereocenters. The predicted octanol–water partition coefficient (Wildman–Crippen LogP) is 2.80. The van der Waals surface area contributed by atoms with E-state index in [2.05, 4.69) is 17.5 Å². The van der Waals surface area contributed by atoms with Gasteiger partial charge >= 0.3 is 0 Å². The van der Waals surface area contributed by atoms with Gasteiger partial charge in [-0.3, -0.25) is 4.79 Å². The Kier molecular flexibility index (Phi) is 1.93. The number of hydrogen-bond acceptors (Lipinski definition) is 2. The van der Waals surface area contributed by atoms with Gasteiger partial charge in [-0.25, -0.2) is 0 Å². The van der Waals surface area contributed by atoms with Crippen LogP contribution >= 0.6 is 0 Å². The van der Waals surface area contributed by atoms with Crippen molar-refractivity contribution in [2.24, 2.45) is 0 Å². The number of ketones is 1. The maximum atomic E-state index is 12.5. The van der Waals surface area contributed by atoms with Crippen LogP contribution in [0.25, 0.3) is 0 Å². The number of benzene rings is 1. The van der Waals surface area contributed by atoms with Crippen LogP contribution in [-0.2, 0) is 0 Å². The third kappa shape index (κ3) is 0.993. The van der Waals surface area contributed by atoms with Gasteiger partial charge in [0, 0.05) is 17.8 Å². The molecule has 2 aliphatic rings. The second kappa shape index (κ2) is 3.21. The molecule has 0 bridgehead atoms. The molecule has 0 aromatic heterocycles. The Morgan fingerprint density at radius 2 is 2.25 bits per heavy atom. The van der Waals surface area contributed by atoms with Gasteiger partial charge in [-0.15, -0.1) is 6.58 Å². The molecule has 2 heteroatoms. The van der Waals surface area contributed by atoms with Crippen LogP contribution in [0.3, 0.4) is 0 Å². The van der Waals surface area contributed by atoms with Crippen molar-refractivity contribution >= 4 is 11.5 Å². The number of Topliss-reactive ketones (excluding diaryl/α,β-unsaturated/α-hetero) is 1. The lowest BCUT2D eigenvalue weighted by molar-refractivity contribution is 0.0909. The van der Waals surface area contributed by atoms with Gasteiger partial charge in [0.1, 0.15) is 5.54 Å². The summed E-state index contributed by atoms with van der Waals surface area (Å²) in [5.41, 5.74) is 1.71. The molecule has 0 amide bonds. The minimum absolute atomic E-state index is 0.292. The standard InChI is InChI=1S/C14H15NO/c1-2-8-14-9-5-10-15(14)12-7-4-3-6-11(12)13(14)16/h2-4,6-7H,1,5,8-10H2. The third-order valence-electron chi connectivity index (χ3n) is 3.83. The van der Waals surface area contributed by atoms with E-state index in [1.807, 2.05) is 24.3 Å². The molecule has 1 fully saturated rings. The molecule has 0 aliphatic carbocycles. The minimum Gasteiger partial charge on any atom is -0.357 e. The lowest BCUT2D eigenvalue weighted by Crippen LogP contribution is -2.45. The number of fused-ring (bicyclic) bond motifs is 3. The summed E-state index contributed by atoms with van der Waals surface area (Å²) in [4.78, 5) is 14.8. The van der Waals surface area contributed by atoms with Gasteiger partial charge in [0.25, 0.3) is 0 Å². The quantitative estimate of drug-likeness (QED) is 0.704. The van der Waals surface area contributed by atoms with E-state index >= 15 is 0 Å². The second-order valence-electron chi connectivity index (χ2n) is 4.63. The highest BCUT2D eigenvalue weighted by atomic mass is 16.1. The van der Waals surface area contributed by atoms with Crippen LogP contribution in [0.5, 0.6) is 0 Å². The molecule has 2 heterocycles. The zero-order valence-electron chi connectivity index (χ0n) is 9.28. The first-order valence-corrected chi connectivity index (χ1v) is 5.82. The Bertz CT molecular complexity index is 466. The largest absolute Gasteiger partial charge is 0.357 e. The lowest BCUT2D eigenvalue weighted by atomic mass is 9.87. The van der Waals surface area contributed by atoms with Crippen LogP contribution in [0.2, 0.25) is 0 Å². The van der Waals surface area contributed by atoms with Crippen molar-refractivity contribution in [1.82, 2.24) is 0 Å². The van der Waals surface area contributed by atoms with E-state index in [-0.39, 0.29) is 5.54 Å². The average Bonchev–Trinajstić information content (AvgIpc) is 2.81. The average molecular weight is 213 g/mol. The van der Waals surface area contributed by atoms with Crippen LogP contribution in [0, 0.1) is 0 Å². The third-order valence-corrected chi connectivity index (χ3v) is 3.83. The molecule has 2 aliphatic heterocycles. The monoisotopic (exact) mass is 213 g/mol. The van der Waals surface area contributed by atoms with Gasteiger partial charge in [-0.2, -0.15) is 0 Å². The van der Waals surface area contributed by atoms with E-state index in [4.69, 9.17) is 0 Å². The lowest BCUT2D eigenvalue weighted by Gasteiger charge is -2.31. The highest BCUT2D eigenvalue weighted by molar-refractivity contribution is 6.14. The summed E-state index contributed by atoms with van der Waals surface area (Å²) < 4.78 is 0. The molecule has 0 spiro atoms. The summed E-state index contributed by atoms with van der Waals surface area (Å²) in [5, 5.41) is 0. The number of anilines is 1. The van der Waals surface area contributed by atoms with Crippen LogP contribution in [0.15, 0.2) is 36.9 Å². The minimum atomic E-state index is -0.300. The molecule has 3 rings (SSSR count). The summed E-state index contributed by atoms with van der Waals surface area (Å²) in [6, 6.07) is 7.96. The van der Waals surface area contributed by atoms with Crippen LogP contribution in [0.1, 0.15) is 29.6 Å². The van der Waals surface area contributed by atoms with E-state index in [1.54, 1.807) is 0 Å². The van der Waals surface area contributed by atoms with E-state index in [0.29, 0.717) is 5.78 Å². The van der Waals surface area contributed by atoms with Gasteiger partial charge < -0.3 is 4.90 Å². The SMILES string of the molecule is C=CCC12CCCN1c1ccccc1C2=O. The number of carbonyl (C=O) groups is 1. The van der Waals surface area contributed by atoms with Gasteiger partial charge in [-0.05, 0) is 31.4 Å². The second-order valence-corrected chi connectivity index (χ2v) is 4.63. The smallest absolute Gasteiger partial charge is 0.190 e. The van der Waals surface area contributed by atoms with Crippen molar-refractivity contribution in [3.05, 3.63) is 42.5 Å². The van der Waals surface area contributed by atoms with E-state index in [1.165, 1.54) is 0 Å². The van der Waals surface area contributed by atoms with E-state index < -0.39 is 0 Å². The predicted molar refractivity (Wildman–Crippen MR) is 64.9 cm³/mol. The van der Waals surface area contributed by atoms with Crippen LogP contribution in [-0.4, -0.2) is 17.9 Å². The topological polar surface area (TPSA) is 20.3 Å². The van der Waals surface area contributed by atoms with Gasteiger partial charge in [0.2, 0.25) is 0 Å². The highest BCUT2D eigenvalue weighted by Gasteiger charge is 2.52. The molecule has 0 N–H and O–H groups in total. The van der Waals surface area contributed by atoms with E-state index in [9.17, 15) is 4.79 Å². The maximum Gasteiger partial charge on any atom is 0.190 e. The Balaban J connectivity index is 2.16. The molecular formula is C14H15NO. The zero-order chi connectivity index (χ0) is 11.2. The number of carbonyl (C=O) groups excluding carboxylic acids is 1. The van der Waals surface area contributed by atoms with Crippen LogP contribution in [0.4, 0.5) is 5.69 Å². The normalized spacial score (nSPS) is 26.8. The number of nitrogens with zero attached hydrogens (tertiary/aromatic N) is 1. The molecular weight excluding hydrogens is 198 g/mol. The first-order chi connectivity index (χ1) is 7.79. The summed E-state index contributed by atoms with van der Waals surface area (Å²) in [7, 11) is 0. The van der Waals surface area contributed by atoms with E-state index in [0.717, 1.165) is 37.1 Å². The summed E-state index contributed by atoms with van der Waals surface area (Å²) in [5.74, 6) is 0.292. The van der Waals surface area contributed by atoms with Crippen molar-refractivity contribution in [1.29, 1.82) is 0 Å². The van der Waals surface area contributed by atoms with Crippen molar-refractivity contribution in [3.8, 4) is 0 Å². The van der Waals surface area contributed by atoms with Gasteiger partial charge in [-0.1, -0.05) is 18.2 Å². The first kappa shape index (κ1) is 9.64. The molecule has 1 unspecified atom stereocenters. The van der Waals surface area contributed by atoms with Crippen molar-refractivity contribution in [2.45, 2.75) is 24.8 Å². The molecule has 0 radical (unpaired) electrons. The summed E-state index contributed by atoms with van der Waals surface area (Å²) >= 11 is 0. The van der Waals surface area contributed by atoms with Crippen LogP contribution < -0.4 is 4.90 Å². The van der Waals surface area contributed by atoms with Crippen molar-refractivity contribution < 1.29 is 4.79 Å². The fourth-order valence-corrected chi connectivity index (χ4v) is 3.16. The summed E-state index contributed by atoms with van der Waals surface area (Å²) in [6.45, 7) is 4.79. The summed E-state index contributed by atoms with van der Waals surface area (Å²) in [6.07, 6.45) is 4.71.